The summed E-state index contributed by atoms with van der Waals surface area (Å²) in [5.74, 6) is 0. The van der Waals surface area contributed by atoms with Gasteiger partial charge in [-0.1, -0.05) is 103 Å². The van der Waals surface area contributed by atoms with Crippen LogP contribution < -0.4 is 14.7 Å². The summed E-state index contributed by atoms with van der Waals surface area (Å²) < 4.78 is 0. The predicted octanol–water partition coefficient (Wildman–Crippen LogP) is 13.8. The number of para-hydroxylation sites is 5. The van der Waals surface area contributed by atoms with Crippen molar-refractivity contribution in [3.63, 3.8) is 0 Å². The predicted molar refractivity (Wildman–Crippen MR) is 252 cm³/mol. The molecule has 0 fully saturated rings. The van der Waals surface area contributed by atoms with Gasteiger partial charge in [0.05, 0.1) is 28.2 Å². The summed E-state index contributed by atoms with van der Waals surface area (Å²) in [5.41, 5.74) is 21.7. The molecule has 2 aromatic heterocycles. The van der Waals surface area contributed by atoms with E-state index in [2.05, 4.69) is 203 Å². The zero-order valence-electron chi connectivity index (χ0n) is 34.1. The highest BCUT2D eigenvalue weighted by molar-refractivity contribution is 5.97. The van der Waals surface area contributed by atoms with Crippen molar-refractivity contribution < 1.29 is 0 Å². The molecule has 0 atom stereocenters. The molecule has 5 heterocycles. The molecule has 7 aromatic carbocycles. The maximum Gasteiger partial charge on any atom is 0.0937 e. The molecular weight excluding hydrogens is 755 g/mol. The van der Waals surface area contributed by atoms with E-state index in [0.717, 1.165) is 76.6 Å². The van der Waals surface area contributed by atoms with Gasteiger partial charge in [-0.2, -0.15) is 0 Å². The molecule has 0 bridgehead atoms. The van der Waals surface area contributed by atoms with E-state index < -0.39 is 5.41 Å². The van der Waals surface area contributed by atoms with Crippen LogP contribution in [0.4, 0.5) is 51.2 Å². The van der Waals surface area contributed by atoms with Crippen molar-refractivity contribution in [3.05, 3.63) is 245 Å². The Labute approximate surface area is 361 Å². The zero-order valence-corrected chi connectivity index (χ0v) is 34.1. The molecule has 0 amide bonds. The highest BCUT2D eigenvalue weighted by Gasteiger charge is 2.53. The van der Waals surface area contributed by atoms with Crippen LogP contribution in [-0.2, 0) is 31.1 Å². The van der Waals surface area contributed by atoms with Gasteiger partial charge in [-0.25, -0.2) is 0 Å². The van der Waals surface area contributed by atoms with Gasteiger partial charge in [0.15, 0.2) is 0 Å². The number of benzene rings is 7. The van der Waals surface area contributed by atoms with E-state index >= 15 is 0 Å². The minimum Gasteiger partial charge on any atom is -0.310 e. The van der Waals surface area contributed by atoms with E-state index in [-0.39, 0.29) is 0 Å². The van der Waals surface area contributed by atoms with Crippen LogP contribution in [0.15, 0.2) is 200 Å². The fourth-order valence-electron chi connectivity index (χ4n) is 11.1. The number of aromatic nitrogens is 2. The van der Waals surface area contributed by atoms with E-state index in [1.54, 1.807) is 0 Å². The monoisotopic (exact) mass is 795 g/mol. The molecule has 0 unspecified atom stereocenters. The van der Waals surface area contributed by atoms with Crippen LogP contribution in [-0.4, -0.2) is 9.97 Å². The first-order valence-corrected chi connectivity index (χ1v) is 21.7. The molecule has 5 nitrogen and oxygen atoms in total. The highest BCUT2D eigenvalue weighted by atomic mass is 15.2. The number of rotatable bonds is 3. The first kappa shape index (κ1) is 35.0. The van der Waals surface area contributed by atoms with Crippen LogP contribution in [0.25, 0.3) is 11.4 Å². The molecule has 1 spiro atoms. The lowest BCUT2D eigenvalue weighted by molar-refractivity contribution is 0.749. The molecule has 0 saturated heterocycles. The number of anilines is 9. The molecule has 0 N–H and O–H groups in total. The Bertz CT molecular complexity index is 2950. The Hall–Kier alpha value is -7.76. The summed E-state index contributed by atoms with van der Waals surface area (Å²) in [6, 6.07) is 69.7. The maximum absolute atomic E-state index is 5.14. The smallest absolute Gasteiger partial charge is 0.0937 e. The molecule has 13 rings (SSSR count). The lowest BCUT2D eigenvalue weighted by atomic mass is 9.64. The van der Waals surface area contributed by atoms with Crippen molar-refractivity contribution in [2.75, 3.05) is 14.7 Å². The fraction of sp³-hybridized carbons (Fsp3) is 0.0877. The summed E-state index contributed by atoms with van der Waals surface area (Å²) in [6.45, 7) is 0. The summed E-state index contributed by atoms with van der Waals surface area (Å²) in [5, 5.41) is 0. The first-order valence-electron chi connectivity index (χ1n) is 21.7. The van der Waals surface area contributed by atoms with Gasteiger partial charge in [-0.15, -0.1) is 0 Å². The van der Waals surface area contributed by atoms with Crippen LogP contribution in [0.1, 0.15) is 44.5 Å². The second kappa shape index (κ2) is 13.6. The normalized spacial score (nSPS) is 14.9. The second-order valence-corrected chi connectivity index (χ2v) is 16.8. The van der Waals surface area contributed by atoms with E-state index in [4.69, 9.17) is 9.97 Å². The van der Waals surface area contributed by atoms with Gasteiger partial charge in [0.2, 0.25) is 0 Å². The second-order valence-electron chi connectivity index (χ2n) is 16.8. The van der Waals surface area contributed by atoms with E-state index in [0.29, 0.717) is 0 Å². The van der Waals surface area contributed by atoms with Crippen LogP contribution >= 0.6 is 0 Å². The van der Waals surface area contributed by atoms with E-state index in [1.165, 1.54) is 56.1 Å². The molecule has 5 heteroatoms. The fourth-order valence-corrected chi connectivity index (χ4v) is 11.1. The SMILES string of the molecule is c1ccc(N2c3ccc(N4c5ccccc5CCc5ccccc54)cc3C3(c4cc(N5c6ccccc6CCc6ccccc65)ccc42)c2cccnc2-c2ncccc23)cc1. The minimum absolute atomic E-state index is 0.759. The number of pyridine rings is 2. The Morgan fingerprint density at radius 1 is 0.306 bits per heavy atom. The standard InChI is InChI=1S/C57H41N5/c1-2-18-42(19-3-1)60-53-32-30-43(61-49-22-8-4-14-38(49)26-27-39-15-5-9-23-50(39)61)36-47(53)57(45-20-12-34-58-55(45)56-46(57)21-13-35-59-56)48-37-44(31-33-54(48)60)62-51-24-10-6-16-40(51)28-29-41-17-7-11-25-52(41)62/h1-25,30-37H,26-29H2. The molecule has 62 heavy (non-hydrogen) atoms. The topological polar surface area (TPSA) is 35.5 Å². The zero-order chi connectivity index (χ0) is 40.8. The average molecular weight is 796 g/mol. The van der Waals surface area contributed by atoms with Crippen molar-refractivity contribution in [2.24, 2.45) is 0 Å². The third-order valence-corrected chi connectivity index (χ3v) is 13.7. The van der Waals surface area contributed by atoms with Gasteiger partial charge in [0, 0.05) is 52.2 Å². The van der Waals surface area contributed by atoms with Crippen LogP contribution in [0.2, 0.25) is 0 Å². The first-order chi connectivity index (χ1) is 30.8. The highest BCUT2D eigenvalue weighted by Crippen LogP contribution is 2.64. The quantitative estimate of drug-likeness (QED) is 0.178. The summed E-state index contributed by atoms with van der Waals surface area (Å²) in [6.07, 6.45) is 7.77. The van der Waals surface area contributed by atoms with Crippen LogP contribution in [0, 0.1) is 0 Å². The van der Waals surface area contributed by atoms with Crippen molar-refractivity contribution >= 4 is 51.2 Å². The van der Waals surface area contributed by atoms with Crippen molar-refractivity contribution in [3.8, 4) is 11.4 Å². The molecule has 0 radical (unpaired) electrons. The van der Waals surface area contributed by atoms with Gasteiger partial charge in [0.25, 0.3) is 0 Å². The maximum atomic E-state index is 5.14. The lowest BCUT2D eigenvalue weighted by Gasteiger charge is -2.45. The summed E-state index contributed by atoms with van der Waals surface area (Å²) >= 11 is 0. The van der Waals surface area contributed by atoms with Gasteiger partial charge < -0.3 is 14.7 Å². The van der Waals surface area contributed by atoms with Gasteiger partial charge in [0.1, 0.15) is 0 Å². The number of hydrogen-bond acceptors (Lipinski definition) is 5. The van der Waals surface area contributed by atoms with Crippen LogP contribution in [0.5, 0.6) is 0 Å². The van der Waals surface area contributed by atoms with Gasteiger partial charge in [-0.3, -0.25) is 9.97 Å². The molecular formula is C57H41N5. The molecule has 3 aliphatic heterocycles. The molecule has 1 aliphatic carbocycles. The minimum atomic E-state index is -0.759. The Morgan fingerprint density at radius 3 is 1.10 bits per heavy atom. The largest absolute Gasteiger partial charge is 0.310 e. The molecule has 294 valence electrons. The molecule has 4 aliphatic rings. The van der Waals surface area contributed by atoms with E-state index in [1.807, 2.05) is 12.4 Å². The molecule has 0 saturated carbocycles. The third kappa shape index (κ3) is 4.96. The van der Waals surface area contributed by atoms with Gasteiger partial charge in [-0.05, 0) is 155 Å². The average Bonchev–Trinajstić information content (AvgIpc) is 3.41. The van der Waals surface area contributed by atoms with Crippen molar-refractivity contribution in [1.82, 2.24) is 9.97 Å². The van der Waals surface area contributed by atoms with E-state index in [9.17, 15) is 0 Å². The van der Waals surface area contributed by atoms with Crippen molar-refractivity contribution in [1.29, 1.82) is 0 Å². The summed E-state index contributed by atoms with van der Waals surface area (Å²) in [4.78, 5) is 17.8. The van der Waals surface area contributed by atoms with Crippen molar-refractivity contribution in [2.45, 2.75) is 31.1 Å². The Balaban J connectivity index is 1.15. The summed E-state index contributed by atoms with van der Waals surface area (Å²) in [7, 11) is 0. The molecule has 9 aromatic rings. The number of fused-ring (bicyclic) bond motifs is 13. The lowest BCUT2D eigenvalue weighted by Crippen LogP contribution is -2.36. The van der Waals surface area contributed by atoms with Crippen LogP contribution in [0.3, 0.4) is 0 Å². The number of aryl methyl sites for hydroxylation is 4. The van der Waals surface area contributed by atoms with Gasteiger partial charge >= 0.3 is 0 Å². The Kier molecular flexibility index (Phi) is 7.70. The Morgan fingerprint density at radius 2 is 0.677 bits per heavy atom. The third-order valence-electron chi connectivity index (χ3n) is 13.7. The number of hydrogen-bond donors (Lipinski definition) is 0. The number of nitrogens with zero attached hydrogens (tertiary/aromatic N) is 5.